The van der Waals surface area contributed by atoms with Gasteiger partial charge in [-0.1, -0.05) is 103 Å². The Kier molecular flexibility index (Phi) is 6.79. The first-order chi connectivity index (χ1) is 26.7. The first kappa shape index (κ1) is 30.3. The van der Waals surface area contributed by atoms with E-state index in [1.54, 1.807) is 0 Å². The Balaban J connectivity index is 1.07. The van der Waals surface area contributed by atoms with Crippen LogP contribution in [0.15, 0.2) is 195 Å². The second kappa shape index (κ2) is 12.1. The van der Waals surface area contributed by atoms with Gasteiger partial charge in [0.1, 0.15) is 27.8 Å². The SMILES string of the molecule is c1ccc(-c2ccc(N(c3ccc(-c4cccc5oc6ccccc6c45)cc3)c3ccc4oc5ccc6oc(-c7ccccc7)nc6c5c4c3)cc2)cc1. The molecule has 0 bridgehead atoms. The summed E-state index contributed by atoms with van der Waals surface area (Å²) in [6.45, 7) is 0. The lowest BCUT2D eigenvalue weighted by atomic mass is 9.99. The highest BCUT2D eigenvalue weighted by molar-refractivity contribution is 6.17. The van der Waals surface area contributed by atoms with Gasteiger partial charge in [-0.2, -0.15) is 0 Å². The van der Waals surface area contributed by atoms with Crippen molar-refractivity contribution in [2.45, 2.75) is 0 Å². The lowest BCUT2D eigenvalue weighted by Crippen LogP contribution is -2.09. The number of fused-ring (bicyclic) bond motifs is 8. The molecule has 3 heterocycles. The number of hydrogen-bond donors (Lipinski definition) is 0. The van der Waals surface area contributed by atoms with E-state index in [2.05, 4.69) is 120 Å². The molecule has 0 saturated carbocycles. The van der Waals surface area contributed by atoms with Crippen molar-refractivity contribution in [3.8, 4) is 33.7 Å². The van der Waals surface area contributed by atoms with Crippen LogP contribution in [0.5, 0.6) is 0 Å². The van der Waals surface area contributed by atoms with Gasteiger partial charge >= 0.3 is 0 Å². The van der Waals surface area contributed by atoms with E-state index in [0.29, 0.717) is 5.89 Å². The number of anilines is 3. The molecule has 0 saturated heterocycles. The third-order valence-corrected chi connectivity index (χ3v) is 10.3. The molecule has 0 aliphatic carbocycles. The highest BCUT2D eigenvalue weighted by Crippen LogP contribution is 2.43. The van der Waals surface area contributed by atoms with Crippen LogP contribution in [0.3, 0.4) is 0 Å². The number of benzene rings is 8. The number of aromatic nitrogens is 1. The Morgan fingerprint density at radius 2 is 0.907 bits per heavy atom. The third kappa shape index (κ3) is 4.90. The van der Waals surface area contributed by atoms with Crippen molar-refractivity contribution in [3.05, 3.63) is 182 Å². The summed E-state index contributed by atoms with van der Waals surface area (Å²) < 4.78 is 18.9. The van der Waals surface area contributed by atoms with Crippen molar-refractivity contribution < 1.29 is 13.3 Å². The van der Waals surface area contributed by atoms with Crippen LogP contribution in [-0.4, -0.2) is 4.98 Å². The van der Waals surface area contributed by atoms with Gasteiger partial charge in [0.25, 0.3) is 0 Å². The quantitative estimate of drug-likeness (QED) is 0.173. The van der Waals surface area contributed by atoms with Gasteiger partial charge in [-0.15, -0.1) is 0 Å². The average Bonchev–Trinajstić information content (AvgIpc) is 3.95. The Morgan fingerprint density at radius 1 is 0.352 bits per heavy atom. The van der Waals surface area contributed by atoms with E-state index in [9.17, 15) is 0 Å². The highest BCUT2D eigenvalue weighted by atomic mass is 16.4. The standard InChI is InChI=1S/C49H30N2O3/c1-3-10-31(11-4-1)32-18-22-35(23-19-32)51(36-24-20-33(21-25-36)38-15-9-17-43-46(38)39-14-7-8-16-41(39)52-43)37-26-27-42-40(30-37)47-44(53-42)28-29-45-48(47)50-49(54-45)34-12-5-2-6-13-34/h1-30H. The summed E-state index contributed by atoms with van der Waals surface area (Å²) in [7, 11) is 0. The fraction of sp³-hybridized carbons (Fsp3) is 0. The van der Waals surface area contributed by atoms with Crippen LogP contribution in [0.1, 0.15) is 0 Å². The molecule has 0 aliphatic heterocycles. The van der Waals surface area contributed by atoms with Gasteiger partial charge in [0, 0.05) is 38.8 Å². The number of furan rings is 2. The van der Waals surface area contributed by atoms with Crippen LogP contribution in [0, 0.1) is 0 Å². The summed E-state index contributed by atoms with van der Waals surface area (Å²) in [5.41, 5.74) is 13.4. The van der Waals surface area contributed by atoms with Crippen LogP contribution in [0.25, 0.3) is 88.7 Å². The van der Waals surface area contributed by atoms with Crippen LogP contribution in [-0.2, 0) is 0 Å². The molecule has 254 valence electrons. The van der Waals surface area contributed by atoms with Gasteiger partial charge in [-0.3, -0.25) is 0 Å². The molecule has 54 heavy (non-hydrogen) atoms. The van der Waals surface area contributed by atoms with E-state index in [1.165, 1.54) is 5.56 Å². The minimum atomic E-state index is 0.586. The molecule has 3 aromatic heterocycles. The van der Waals surface area contributed by atoms with Crippen LogP contribution in [0.4, 0.5) is 17.1 Å². The van der Waals surface area contributed by atoms with E-state index < -0.39 is 0 Å². The monoisotopic (exact) mass is 694 g/mol. The summed E-state index contributed by atoms with van der Waals surface area (Å²) in [5.74, 6) is 0.586. The maximum Gasteiger partial charge on any atom is 0.227 e. The molecule has 11 aromatic rings. The zero-order valence-electron chi connectivity index (χ0n) is 28.9. The molecule has 0 aliphatic rings. The Morgan fingerprint density at radius 3 is 1.67 bits per heavy atom. The second-order valence-electron chi connectivity index (χ2n) is 13.5. The largest absolute Gasteiger partial charge is 0.456 e. The molecule has 8 aromatic carbocycles. The van der Waals surface area contributed by atoms with Gasteiger partial charge in [0.15, 0.2) is 5.58 Å². The fourth-order valence-corrected chi connectivity index (χ4v) is 7.77. The van der Waals surface area contributed by atoms with Crippen LogP contribution < -0.4 is 4.90 Å². The number of rotatable bonds is 6. The normalized spacial score (nSPS) is 11.7. The zero-order valence-corrected chi connectivity index (χ0v) is 28.9. The van der Waals surface area contributed by atoms with Crippen LogP contribution in [0.2, 0.25) is 0 Å². The molecule has 0 radical (unpaired) electrons. The first-order valence-electron chi connectivity index (χ1n) is 18.0. The molecule has 0 unspecified atom stereocenters. The van der Waals surface area contributed by atoms with Crippen molar-refractivity contribution in [2.24, 2.45) is 0 Å². The van der Waals surface area contributed by atoms with Crippen molar-refractivity contribution in [3.63, 3.8) is 0 Å². The lowest BCUT2D eigenvalue weighted by Gasteiger charge is -2.26. The van der Waals surface area contributed by atoms with Crippen molar-refractivity contribution in [2.75, 3.05) is 4.90 Å². The van der Waals surface area contributed by atoms with Crippen molar-refractivity contribution >= 4 is 72.0 Å². The lowest BCUT2D eigenvalue weighted by molar-refractivity contribution is 0.619. The molecular formula is C49H30N2O3. The Hall–Kier alpha value is -7.37. The Bertz CT molecular complexity index is 3140. The molecule has 5 nitrogen and oxygen atoms in total. The molecular weight excluding hydrogens is 665 g/mol. The van der Waals surface area contributed by atoms with Crippen LogP contribution >= 0.6 is 0 Å². The number of nitrogens with zero attached hydrogens (tertiary/aromatic N) is 2. The van der Waals surface area contributed by atoms with E-state index in [0.717, 1.165) is 94.3 Å². The van der Waals surface area contributed by atoms with Crippen molar-refractivity contribution in [1.29, 1.82) is 0 Å². The first-order valence-corrected chi connectivity index (χ1v) is 18.0. The topological polar surface area (TPSA) is 55.6 Å². The van der Waals surface area contributed by atoms with E-state index in [-0.39, 0.29) is 0 Å². The summed E-state index contributed by atoms with van der Waals surface area (Å²) in [6, 6.07) is 62.8. The molecule has 0 fully saturated rings. The van der Waals surface area contributed by atoms with Gasteiger partial charge in [-0.25, -0.2) is 4.98 Å². The minimum Gasteiger partial charge on any atom is -0.456 e. The fourth-order valence-electron chi connectivity index (χ4n) is 7.77. The molecule has 11 rings (SSSR count). The maximum atomic E-state index is 6.40. The van der Waals surface area contributed by atoms with E-state index in [4.69, 9.17) is 18.2 Å². The molecule has 0 N–H and O–H groups in total. The van der Waals surface area contributed by atoms with E-state index >= 15 is 0 Å². The zero-order chi connectivity index (χ0) is 35.6. The number of oxazole rings is 1. The summed E-state index contributed by atoms with van der Waals surface area (Å²) in [4.78, 5) is 7.29. The summed E-state index contributed by atoms with van der Waals surface area (Å²) in [5, 5.41) is 4.15. The Labute approximate surface area is 309 Å². The summed E-state index contributed by atoms with van der Waals surface area (Å²) >= 11 is 0. The minimum absolute atomic E-state index is 0.586. The summed E-state index contributed by atoms with van der Waals surface area (Å²) in [6.07, 6.45) is 0. The smallest absolute Gasteiger partial charge is 0.227 e. The third-order valence-electron chi connectivity index (χ3n) is 10.3. The average molecular weight is 695 g/mol. The van der Waals surface area contributed by atoms with E-state index in [1.807, 2.05) is 66.7 Å². The molecule has 0 atom stereocenters. The number of hydrogen-bond acceptors (Lipinski definition) is 5. The van der Waals surface area contributed by atoms with Gasteiger partial charge < -0.3 is 18.2 Å². The number of para-hydroxylation sites is 1. The van der Waals surface area contributed by atoms with Gasteiger partial charge in [-0.05, 0) is 101 Å². The van der Waals surface area contributed by atoms with Gasteiger partial charge in [0.05, 0.1) is 5.39 Å². The molecule has 0 spiro atoms. The predicted molar refractivity (Wildman–Crippen MR) is 220 cm³/mol. The molecule has 5 heteroatoms. The van der Waals surface area contributed by atoms with Gasteiger partial charge in [0.2, 0.25) is 5.89 Å². The molecule has 0 amide bonds. The maximum absolute atomic E-state index is 6.40. The second-order valence-corrected chi connectivity index (χ2v) is 13.5. The highest BCUT2D eigenvalue weighted by Gasteiger charge is 2.20. The predicted octanol–water partition coefficient (Wildman–Crippen LogP) is 14.1. The van der Waals surface area contributed by atoms with Crippen molar-refractivity contribution in [1.82, 2.24) is 4.98 Å².